The van der Waals surface area contributed by atoms with E-state index in [-0.39, 0.29) is 7.43 Å². The van der Waals surface area contributed by atoms with Gasteiger partial charge in [-0.05, 0) is 337 Å². The van der Waals surface area contributed by atoms with E-state index in [1.54, 1.807) is 0 Å². The highest BCUT2D eigenvalue weighted by Gasteiger charge is 2.35. The maximum absolute atomic E-state index is 6.20. The molecule has 646 valence electrons. The largest absolute Gasteiger partial charge is 0.378 e. The zero-order valence-electron chi connectivity index (χ0n) is 73.9. The molecule has 0 aromatic heterocycles. The quantitative estimate of drug-likeness (QED) is 0.0619. The molecule has 110 heavy (non-hydrogen) atoms. The average Bonchev–Trinajstić information content (AvgIpc) is 0.854. The van der Waals surface area contributed by atoms with Crippen molar-refractivity contribution in [1.29, 1.82) is 0 Å². The molecule has 8 aliphatic carbocycles. The number of rotatable bonds is 31. The number of likely N-dealkylation sites (tertiary alicyclic amines) is 7. The molecule has 0 unspecified atom stereocenters. The number of nitrogens with zero attached hydrogens (tertiary/aromatic N) is 7. The van der Waals surface area contributed by atoms with Gasteiger partial charge < -0.3 is 62.7 Å². The van der Waals surface area contributed by atoms with Crippen LogP contribution in [0.4, 0.5) is 0 Å². The lowest BCUT2D eigenvalue weighted by molar-refractivity contribution is -0.0908. The zero-order chi connectivity index (χ0) is 76.6. The average molecular weight is 1550 g/mol. The maximum atomic E-state index is 6.20. The minimum atomic E-state index is 0. The fourth-order valence-corrected chi connectivity index (χ4v) is 20.7. The first-order valence-electron chi connectivity index (χ1n) is 49.1. The molecule has 0 radical (unpaired) electrons. The van der Waals surface area contributed by atoms with Crippen molar-refractivity contribution in [2.75, 3.05) is 151 Å². The second kappa shape index (κ2) is 55.3. The van der Waals surface area contributed by atoms with E-state index in [1.807, 2.05) is 0 Å². The van der Waals surface area contributed by atoms with Crippen molar-refractivity contribution in [1.82, 2.24) is 34.3 Å². The summed E-state index contributed by atoms with van der Waals surface area (Å²) in [5.41, 5.74) is 0. The molecule has 8 saturated carbocycles. The van der Waals surface area contributed by atoms with Crippen LogP contribution in [-0.4, -0.2) is 246 Å². The molecule has 0 aromatic carbocycles. The Hall–Kier alpha value is -0.520. The van der Waals surface area contributed by atoms with E-state index in [2.05, 4.69) is 104 Å². The summed E-state index contributed by atoms with van der Waals surface area (Å²) in [4.78, 5) is 18.4. The second-order valence-corrected chi connectivity index (χ2v) is 39.9. The molecule has 7 aliphatic heterocycles. The third-order valence-corrected chi connectivity index (χ3v) is 28.9. The summed E-state index contributed by atoms with van der Waals surface area (Å²) in [6, 6.07) is 0. The zero-order valence-corrected chi connectivity index (χ0v) is 73.9. The van der Waals surface area contributed by atoms with Gasteiger partial charge in [-0.2, -0.15) is 0 Å². The molecule has 15 aliphatic rings. The number of ether oxygens (including phenoxy) is 6. The molecular weight excluding hydrogens is 1360 g/mol. The summed E-state index contributed by atoms with van der Waals surface area (Å²) in [5, 5.41) is 0. The topological polar surface area (TPSA) is 78.1 Å². The molecule has 13 nitrogen and oxygen atoms in total. The van der Waals surface area contributed by atoms with Crippen LogP contribution >= 0.6 is 0 Å². The van der Waals surface area contributed by atoms with Crippen LogP contribution in [0.25, 0.3) is 0 Å². The third kappa shape index (κ3) is 38.7. The van der Waals surface area contributed by atoms with Crippen LogP contribution in [0.5, 0.6) is 0 Å². The van der Waals surface area contributed by atoms with Crippen molar-refractivity contribution >= 4 is 0 Å². The summed E-state index contributed by atoms with van der Waals surface area (Å²) in [6.07, 6.45) is 65.5. The number of unbranched alkanes of at least 4 members (excludes halogenated alkanes) is 3. The second-order valence-electron chi connectivity index (χ2n) is 39.9. The number of piperidine rings is 7. The van der Waals surface area contributed by atoms with Crippen LogP contribution < -0.4 is 0 Å². The normalized spacial score (nSPS) is 32.3. The van der Waals surface area contributed by atoms with Gasteiger partial charge in [0.25, 0.3) is 0 Å². The summed E-state index contributed by atoms with van der Waals surface area (Å²) >= 11 is 0. The SMILES string of the molecule is C.CC1CC(OC2CCCCC2)C1.CC1CC(OC2CCN(CCN3CCCCC3)CC2)C1.CC1CC(OCCCN2CCCCC2)C1.CC1CCN(CCOC2CC(C)C2)CC1.CCCC1CCN(CC2CC(C)C2)CC1.CCCCCCN1CCC(OC2CC(C)C2)CC1.CCCN1CCC(OC2CCC2)CC1. The first-order valence-corrected chi connectivity index (χ1v) is 49.1. The summed E-state index contributed by atoms with van der Waals surface area (Å²) in [6.45, 7) is 52.3. The molecule has 0 atom stereocenters. The fourth-order valence-electron chi connectivity index (χ4n) is 20.7. The highest BCUT2D eigenvalue weighted by molar-refractivity contribution is 4.87. The van der Waals surface area contributed by atoms with Gasteiger partial charge in [0.1, 0.15) is 0 Å². The van der Waals surface area contributed by atoms with Crippen LogP contribution in [-0.2, 0) is 28.4 Å². The van der Waals surface area contributed by atoms with Crippen LogP contribution in [0, 0.1) is 53.3 Å². The molecule has 7 saturated heterocycles. The van der Waals surface area contributed by atoms with E-state index in [9.17, 15) is 0 Å². The van der Waals surface area contributed by atoms with E-state index in [0.717, 1.165) is 73.0 Å². The molecule has 0 spiro atoms. The third-order valence-electron chi connectivity index (χ3n) is 28.9. The Labute approximate surface area is 683 Å². The molecule has 0 N–H and O–H groups in total. The van der Waals surface area contributed by atoms with Crippen LogP contribution in [0.3, 0.4) is 0 Å². The lowest BCUT2D eigenvalue weighted by atomic mass is 9.75. The smallest absolute Gasteiger partial charge is 0.0603 e. The molecule has 13 heteroatoms. The Kier molecular flexibility index (Phi) is 47.8. The Balaban J connectivity index is 0.000000162. The Morgan fingerprint density at radius 2 is 0.573 bits per heavy atom. The van der Waals surface area contributed by atoms with Crippen molar-refractivity contribution in [3.63, 3.8) is 0 Å². The van der Waals surface area contributed by atoms with Gasteiger partial charge in [-0.1, -0.05) is 141 Å². The van der Waals surface area contributed by atoms with Gasteiger partial charge in [-0.15, -0.1) is 0 Å². The lowest BCUT2D eigenvalue weighted by Crippen LogP contribution is -2.44. The summed E-state index contributed by atoms with van der Waals surface area (Å²) in [5.74, 6) is 8.62. The van der Waals surface area contributed by atoms with E-state index < -0.39 is 0 Å². The predicted octanol–water partition coefficient (Wildman–Crippen LogP) is 21.6. The number of hydrogen-bond acceptors (Lipinski definition) is 13. The molecular formula is C97H187N7O6. The molecule has 7 heterocycles. The first kappa shape index (κ1) is 95.0. The van der Waals surface area contributed by atoms with Crippen LogP contribution in [0.15, 0.2) is 0 Å². The first-order chi connectivity index (χ1) is 53.1. The van der Waals surface area contributed by atoms with E-state index >= 15 is 0 Å². The Morgan fingerprint density at radius 1 is 0.227 bits per heavy atom. The molecule has 15 fully saturated rings. The Bertz CT molecular complexity index is 2150. The van der Waals surface area contributed by atoms with Crippen molar-refractivity contribution < 1.29 is 28.4 Å². The van der Waals surface area contributed by atoms with E-state index in [4.69, 9.17) is 28.4 Å². The van der Waals surface area contributed by atoms with Gasteiger partial charge in [0.2, 0.25) is 0 Å². The molecule has 0 amide bonds. The standard InChI is InChI=1S/C17H32N2O.C16H31NO.C14H27N.2C13H25NO.C12H23NO.C11H20O.CH4/c1-15-13-17(14-15)20-16-5-9-19(10-6-16)12-11-18-7-3-2-4-8-18;1-3-4-5-6-9-17-10-7-15(8-11-17)18-16-12-14(2)13-16;1-3-4-13-5-7-15(8-6-13)11-14-9-12(2)10-14;1-11-3-5-14(6-4-11)7-8-15-13-9-12(2)10-13;1-12-10-13(11-12)15-9-5-8-14-6-3-2-4-7-14;1-2-8-13-9-6-12(7-10-13)14-11-4-3-5-11;1-9-7-11(8-9)12-10-5-3-2-4-6-10;/h15-17H,2-14H2,1H3;14-16H,3-13H2,1-2H3;12-14H,3-11H2,1-2H3;11-13H,3-10H2,1-2H3;12-13H,2-11H2,1H3;11-12H,2-10H2,1H3;9-11H,2-8H2,1H3;1H4. The summed E-state index contributed by atoms with van der Waals surface area (Å²) in [7, 11) is 0. The minimum absolute atomic E-state index is 0. The van der Waals surface area contributed by atoms with Gasteiger partial charge >= 0.3 is 0 Å². The maximum Gasteiger partial charge on any atom is 0.0603 e. The molecule has 0 bridgehead atoms. The van der Waals surface area contributed by atoms with Gasteiger partial charge in [0.05, 0.1) is 67.6 Å². The fraction of sp³-hybridized carbons (Fsp3) is 1.00. The highest BCUT2D eigenvalue weighted by atomic mass is 16.5. The van der Waals surface area contributed by atoms with Crippen molar-refractivity contribution in [2.45, 2.75) is 420 Å². The molecule has 15 rings (SSSR count). The van der Waals surface area contributed by atoms with E-state index in [0.29, 0.717) is 61.0 Å². The minimum Gasteiger partial charge on any atom is -0.378 e. The van der Waals surface area contributed by atoms with Crippen LogP contribution in [0.1, 0.15) is 359 Å². The lowest BCUT2D eigenvalue weighted by Gasteiger charge is -2.39. The van der Waals surface area contributed by atoms with Gasteiger partial charge in [-0.25, -0.2) is 0 Å². The van der Waals surface area contributed by atoms with Crippen molar-refractivity contribution in [3.05, 3.63) is 0 Å². The van der Waals surface area contributed by atoms with E-state index in [1.165, 1.54) is 413 Å². The van der Waals surface area contributed by atoms with Crippen molar-refractivity contribution in [3.8, 4) is 0 Å². The van der Waals surface area contributed by atoms with Crippen molar-refractivity contribution in [2.24, 2.45) is 53.3 Å². The monoisotopic (exact) mass is 1550 g/mol. The van der Waals surface area contributed by atoms with Gasteiger partial charge in [0.15, 0.2) is 0 Å². The van der Waals surface area contributed by atoms with Crippen LogP contribution in [0.2, 0.25) is 0 Å². The number of hydrogen-bond donors (Lipinski definition) is 0. The predicted molar refractivity (Wildman–Crippen MR) is 467 cm³/mol. The van der Waals surface area contributed by atoms with Gasteiger partial charge in [0, 0.05) is 78.6 Å². The highest BCUT2D eigenvalue weighted by Crippen LogP contribution is 2.38. The molecule has 0 aromatic rings. The Morgan fingerprint density at radius 3 is 0.991 bits per heavy atom. The summed E-state index contributed by atoms with van der Waals surface area (Å²) < 4.78 is 36.0. The van der Waals surface area contributed by atoms with Gasteiger partial charge in [-0.3, -0.25) is 0 Å².